The van der Waals surface area contributed by atoms with Gasteiger partial charge in [-0.3, -0.25) is 10.1 Å². The first kappa shape index (κ1) is 15.1. The highest BCUT2D eigenvalue weighted by Gasteiger charge is 2.26. The van der Waals surface area contributed by atoms with E-state index in [1.54, 1.807) is 12.5 Å². The SMILES string of the molecule is N=C(Cc1cc(C2CC2)n[nH]1)C1=CCC(c2ccco2)=NC=C1Cl. The number of allylic oxidation sites excluding steroid dienone is 3. The normalized spacial score (nSPS) is 17.8. The van der Waals surface area contributed by atoms with Crippen molar-refractivity contribution in [3.63, 3.8) is 0 Å². The van der Waals surface area contributed by atoms with Crippen LogP contribution in [0, 0.1) is 5.41 Å². The summed E-state index contributed by atoms with van der Waals surface area (Å²) in [7, 11) is 0. The molecule has 0 spiro atoms. The molecule has 2 aromatic rings. The molecule has 0 unspecified atom stereocenters. The summed E-state index contributed by atoms with van der Waals surface area (Å²) in [5.74, 6) is 1.33. The number of hydrogen-bond acceptors (Lipinski definition) is 4. The molecule has 1 fully saturated rings. The number of hydrogen-bond donors (Lipinski definition) is 2. The standard InChI is InChI=1S/C18H17ClN4O/c19-14-10-21-16(18-2-1-7-24-18)6-5-13(14)15(20)8-12-9-17(23-22-12)11-3-4-11/h1-2,5,7,9-11,20H,3-4,6,8H2,(H,22,23). The Labute approximate surface area is 144 Å². The van der Waals surface area contributed by atoms with E-state index in [1.807, 2.05) is 18.2 Å². The van der Waals surface area contributed by atoms with E-state index in [2.05, 4.69) is 21.3 Å². The number of H-pyrrole nitrogens is 1. The minimum Gasteiger partial charge on any atom is -0.463 e. The van der Waals surface area contributed by atoms with E-state index in [0.717, 1.165) is 22.9 Å². The van der Waals surface area contributed by atoms with E-state index in [4.69, 9.17) is 21.4 Å². The number of rotatable bonds is 5. The van der Waals surface area contributed by atoms with Crippen molar-refractivity contribution in [1.82, 2.24) is 10.2 Å². The van der Waals surface area contributed by atoms with Gasteiger partial charge in [0, 0.05) is 41.9 Å². The summed E-state index contributed by atoms with van der Waals surface area (Å²) in [5, 5.41) is 16.3. The second-order valence-corrected chi connectivity index (χ2v) is 6.51. The van der Waals surface area contributed by atoms with Crippen LogP contribution < -0.4 is 0 Å². The van der Waals surface area contributed by atoms with Crippen LogP contribution in [0.3, 0.4) is 0 Å². The molecule has 6 heteroatoms. The van der Waals surface area contributed by atoms with Crippen LogP contribution in [0.25, 0.3) is 0 Å². The van der Waals surface area contributed by atoms with Crippen molar-refractivity contribution in [1.29, 1.82) is 5.41 Å². The Morgan fingerprint density at radius 1 is 1.42 bits per heavy atom. The van der Waals surface area contributed by atoms with Crippen molar-refractivity contribution in [3.05, 3.63) is 64.5 Å². The van der Waals surface area contributed by atoms with Gasteiger partial charge in [-0.2, -0.15) is 5.10 Å². The molecule has 122 valence electrons. The molecule has 1 aliphatic carbocycles. The topological polar surface area (TPSA) is 78.0 Å². The van der Waals surface area contributed by atoms with Crippen molar-refractivity contribution in [3.8, 4) is 0 Å². The van der Waals surface area contributed by atoms with E-state index >= 15 is 0 Å². The molecule has 5 nitrogen and oxygen atoms in total. The lowest BCUT2D eigenvalue weighted by atomic mass is 10.0. The smallest absolute Gasteiger partial charge is 0.148 e. The molecule has 2 aliphatic rings. The fourth-order valence-corrected chi connectivity index (χ4v) is 3.01. The fourth-order valence-electron chi connectivity index (χ4n) is 2.77. The van der Waals surface area contributed by atoms with Gasteiger partial charge in [-0.15, -0.1) is 0 Å². The number of nitrogens with zero attached hydrogens (tertiary/aromatic N) is 2. The number of aromatic amines is 1. The molecule has 0 bridgehead atoms. The first-order valence-corrected chi connectivity index (χ1v) is 8.37. The van der Waals surface area contributed by atoms with Crippen LogP contribution >= 0.6 is 11.6 Å². The Morgan fingerprint density at radius 3 is 3.04 bits per heavy atom. The van der Waals surface area contributed by atoms with Gasteiger partial charge in [0.05, 0.1) is 22.7 Å². The minimum absolute atomic E-state index is 0.457. The number of halogens is 1. The Hall–Kier alpha value is -2.40. The van der Waals surface area contributed by atoms with Gasteiger partial charge in [0.1, 0.15) is 5.76 Å². The van der Waals surface area contributed by atoms with E-state index in [0.29, 0.717) is 35.1 Å². The average Bonchev–Trinajstić information content (AvgIpc) is 3.14. The molecule has 1 saturated carbocycles. The zero-order chi connectivity index (χ0) is 16.5. The van der Waals surface area contributed by atoms with E-state index < -0.39 is 0 Å². The third-order valence-corrected chi connectivity index (χ3v) is 4.54. The van der Waals surface area contributed by atoms with E-state index in [-0.39, 0.29) is 0 Å². The zero-order valence-corrected chi connectivity index (χ0v) is 13.8. The second-order valence-electron chi connectivity index (χ2n) is 6.10. The summed E-state index contributed by atoms with van der Waals surface area (Å²) < 4.78 is 5.39. The van der Waals surface area contributed by atoms with E-state index in [9.17, 15) is 0 Å². The fraction of sp³-hybridized carbons (Fsp3) is 0.278. The lowest BCUT2D eigenvalue weighted by Crippen LogP contribution is -2.07. The van der Waals surface area contributed by atoms with Crippen molar-refractivity contribution in [2.45, 2.75) is 31.6 Å². The molecule has 24 heavy (non-hydrogen) atoms. The van der Waals surface area contributed by atoms with Gasteiger partial charge in [-0.1, -0.05) is 17.7 Å². The Balaban J connectivity index is 1.49. The van der Waals surface area contributed by atoms with Crippen LogP contribution in [0.15, 0.2) is 56.8 Å². The third kappa shape index (κ3) is 3.12. The molecule has 0 atom stereocenters. The summed E-state index contributed by atoms with van der Waals surface area (Å²) in [5.41, 5.74) is 4.03. The largest absolute Gasteiger partial charge is 0.463 e. The number of furan rings is 1. The zero-order valence-electron chi connectivity index (χ0n) is 13.1. The van der Waals surface area contributed by atoms with Crippen LogP contribution in [-0.2, 0) is 6.42 Å². The maximum Gasteiger partial charge on any atom is 0.148 e. The monoisotopic (exact) mass is 340 g/mol. The predicted molar refractivity (Wildman–Crippen MR) is 93.9 cm³/mol. The van der Waals surface area contributed by atoms with Gasteiger partial charge >= 0.3 is 0 Å². The van der Waals surface area contributed by atoms with Gasteiger partial charge < -0.3 is 9.83 Å². The first-order valence-electron chi connectivity index (χ1n) is 7.99. The highest BCUT2D eigenvalue weighted by atomic mass is 35.5. The van der Waals surface area contributed by atoms with Crippen molar-refractivity contribution in [2.75, 3.05) is 0 Å². The molecule has 4 rings (SSSR count). The third-order valence-electron chi connectivity index (χ3n) is 4.23. The Morgan fingerprint density at radius 2 is 2.29 bits per heavy atom. The number of nitrogens with one attached hydrogen (secondary N) is 2. The molecule has 0 radical (unpaired) electrons. The summed E-state index contributed by atoms with van der Waals surface area (Å²) in [4.78, 5) is 4.38. The quantitative estimate of drug-likeness (QED) is 0.794. The number of aliphatic imine (C=N–C) groups is 1. The first-order chi connectivity index (χ1) is 11.7. The van der Waals surface area contributed by atoms with Crippen LogP contribution in [0.4, 0.5) is 0 Å². The van der Waals surface area contributed by atoms with Gasteiger partial charge in [0.25, 0.3) is 0 Å². The van der Waals surface area contributed by atoms with Crippen LogP contribution in [0.5, 0.6) is 0 Å². The maximum atomic E-state index is 8.41. The lowest BCUT2D eigenvalue weighted by molar-refractivity contribution is 0.556. The molecule has 0 aromatic carbocycles. The lowest BCUT2D eigenvalue weighted by Gasteiger charge is -2.06. The molecule has 0 saturated heterocycles. The Kier molecular flexibility index (Phi) is 3.94. The van der Waals surface area contributed by atoms with Gasteiger partial charge in [0.2, 0.25) is 0 Å². The summed E-state index contributed by atoms with van der Waals surface area (Å²) in [6, 6.07) is 5.76. The highest BCUT2D eigenvalue weighted by Crippen LogP contribution is 2.39. The molecular formula is C18H17ClN4O. The summed E-state index contributed by atoms with van der Waals surface area (Å²) in [6.45, 7) is 0. The van der Waals surface area contributed by atoms with Gasteiger partial charge in [-0.05, 0) is 31.0 Å². The summed E-state index contributed by atoms with van der Waals surface area (Å²) in [6.07, 6.45) is 8.64. The highest BCUT2D eigenvalue weighted by molar-refractivity contribution is 6.36. The van der Waals surface area contributed by atoms with Crippen LogP contribution in [0.1, 0.15) is 42.3 Å². The van der Waals surface area contributed by atoms with Crippen molar-refractivity contribution < 1.29 is 4.42 Å². The van der Waals surface area contributed by atoms with Gasteiger partial charge in [0.15, 0.2) is 0 Å². The maximum absolute atomic E-state index is 8.41. The predicted octanol–water partition coefficient (Wildman–Crippen LogP) is 4.34. The van der Waals surface area contributed by atoms with Crippen LogP contribution in [0.2, 0.25) is 0 Å². The molecule has 2 aromatic heterocycles. The minimum atomic E-state index is 0.457. The average molecular weight is 341 g/mol. The Bertz CT molecular complexity index is 853. The van der Waals surface area contributed by atoms with Crippen LogP contribution in [-0.4, -0.2) is 21.6 Å². The van der Waals surface area contributed by atoms with Gasteiger partial charge in [-0.25, -0.2) is 0 Å². The molecule has 1 aliphatic heterocycles. The second kappa shape index (κ2) is 6.24. The molecule has 2 N–H and O–H groups in total. The van der Waals surface area contributed by atoms with E-state index in [1.165, 1.54) is 12.8 Å². The van der Waals surface area contributed by atoms with Crippen molar-refractivity contribution in [2.24, 2.45) is 4.99 Å². The molecule has 0 amide bonds. The van der Waals surface area contributed by atoms with Crippen molar-refractivity contribution >= 4 is 23.0 Å². The molecule has 3 heterocycles. The summed E-state index contributed by atoms with van der Waals surface area (Å²) >= 11 is 6.33. The molecular weight excluding hydrogens is 324 g/mol. The number of aromatic nitrogens is 2.